The van der Waals surface area contributed by atoms with Gasteiger partial charge in [0.2, 0.25) is 11.2 Å². The van der Waals surface area contributed by atoms with Crippen molar-refractivity contribution in [1.29, 1.82) is 0 Å². The molecule has 0 fully saturated rings. The Morgan fingerprint density at radius 3 is 2.71 bits per heavy atom. The Morgan fingerprint density at radius 1 is 1.43 bits per heavy atom. The van der Waals surface area contributed by atoms with Gasteiger partial charge in [-0.15, -0.1) is 0 Å². The molecule has 0 radical (unpaired) electrons. The van der Waals surface area contributed by atoms with Gasteiger partial charge >= 0.3 is 0 Å². The van der Waals surface area contributed by atoms with Crippen molar-refractivity contribution in [3.8, 4) is 0 Å². The van der Waals surface area contributed by atoms with E-state index in [9.17, 15) is 0 Å². The van der Waals surface area contributed by atoms with Crippen LogP contribution >= 0.6 is 11.6 Å². The van der Waals surface area contributed by atoms with Crippen LogP contribution in [0.4, 0.5) is 11.9 Å². The third-order valence-corrected chi connectivity index (χ3v) is 1.66. The topological polar surface area (TPSA) is 63.2 Å². The lowest BCUT2D eigenvalue weighted by molar-refractivity contribution is 0.180. The van der Waals surface area contributed by atoms with Crippen LogP contribution in [0.2, 0.25) is 5.28 Å². The molecule has 1 aromatic rings. The first kappa shape index (κ1) is 10.9. The van der Waals surface area contributed by atoms with Gasteiger partial charge in [-0.05, 0) is 18.5 Å². The van der Waals surface area contributed by atoms with E-state index in [1.165, 1.54) is 12.2 Å². The number of hydrogen-bond acceptors (Lipinski definition) is 6. The van der Waals surface area contributed by atoms with Crippen molar-refractivity contribution in [2.24, 2.45) is 0 Å². The van der Waals surface area contributed by atoms with Gasteiger partial charge in [0, 0.05) is 13.6 Å². The van der Waals surface area contributed by atoms with Gasteiger partial charge in [-0.1, -0.05) is 0 Å². The van der Waals surface area contributed by atoms with Crippen molar-refractivity contribution in [1.82, 2.24) is 15.0 Å². The molecule has 0 amide bonds. The molecule has 0 saturated carbocycles. The minimum atomic E-state index is 0.134. The van der Waals surface area contributed by atoms with E-state index >= 15 is 0 Å². The third-order valence-electron chi connectivity index (χ3n) is 1.49. The zero-order valence-corrected chi connectivity index (χ0v) is 9.04. The molecule has 0 spiro atoms. The van der Waals surface area contributed by atoms with Crippen molar-refractivity contribution in [2.75, 3.05) is 31.1 Å². The predicted molar refractivity (Wildman–Crippen MR) is 54.4 cm³/mol. The lowest BCUT2D eigenvalue weighted by Gasteiger charge is -2.13. The summed E-state index contributed by atoms with van der Waals surface area (Å²) in [5.41, 5.74) is 0. The minimum Gasteiger partial charge on any atom is -0.354 e. The number of halogens is 1. The van der Waals surface area contributed by atoms with E-state index in [0.717, 1.165) is 6.54 Å². The maximum absolute atomic E-state index is 5.70. The number of nitrogens with one attached hydrogen (secondary N) is 1. The van der Waals surface area contributed by atoms with Gasteiger partial charge < -0.3 is 5.32 Å². The molecule has 0 atom stereocenters. The standard InChI is InChI=1S/C7H12ClN5O/c1-4-9-6-10-5(8)11-7(12-6)13(2)14-3/h4H2,1-3H3,(H,9,10,11,12). The van der Waals surface area contributed by atoms with Crippen LogP contribution < -0.4 is 10.4 Å². The third kappa shape index (κ3) is 2.68. The van der Waals surface area contributed by atoms with Gasteiger partial charge in [-0.3, -0.25) is 4.84 Å². The second-order valence-electron chi connectivity index (χ2n) is 2.44. The Labute approximate surface area is 87.2 Å². The summed E-state index contributed by atoms with van der Waals surface area (Å²) in [4.78, 5) is 16.8. The molecule has 0 aliphatic heterocycles. The molecular formula is C7H12ClN5O. The zero-order valence-electron chi connectivity index (χ0n) is 8.28. The highest BCUT2D eigenvalue weighted by atomic mass is 35.5. The molecule has 14 heavy (non-hydrogen) atoms. The van der Waals surface area contributed by atoms with Crippen LogP contribution in [-0.4, -0.2) is 35.7 Å². The number of hydroxylamine groups is 1. The Kier molecular flexibility index (Phi) is 3.84. The molecule has 1 rings (SSSR count). The second-order valence-corrected chi connectivity index (χ2v) is 2.78. The van der Waals surface area contributed by atoms with Crippen molar-refractivity contribution >= 4 is 23.5 Å². The summed E-state index contributed by atoms with van der Waals surface area (Å²) in [5, 5.41) is 4.47. The van der Waals surface area contributed by atoms with Crippen LogP contribution in [0.1, 0.15) is 6.92 Å². The first-order chi connectivity index (χ1) is 6.67. The van der Waals surface area contributed by atoms with Gasteiger partial charge in [-0.25, -0.2) is 5.06 Å². The Bertz CT molecular complexity index is 308. The number of anilines is 2. The van der Waals surface area contributed by atoms with Gasteiger partial charge in [0.1, 0.15) is 0 Å². The summed E-state index contributed by atoms with van der Waals surface area (Å²) in [7, 11) is 3.20. The monoisotopic (exact) mass is 217 g/mol. The van der Waals surface area contributed by atoms with Crippen LogP contribution in [-0.2, 0) is 4.84 Å². The number of hydrogen-bond donors (Lipinski definition) is 1. The normalized spacial score (nSPS) is 10.0. The number of nitrogens with zero attached hydrogens (tertiary/aromatic N) is 4. The van der Waals surface area contributed by atoms with Crippen molar-refractivity contribution in [3.63, 3.8) is 0 Å². The fourth-order valence-corrected chi connectivity index (χ4v) is 0.955. The summed E-state index contributed by atoms with van der Waals surface area (Å²) in [6, 6.07) is 0. The number of aromatic nitrogens is 3. The summed E-state index contributed by atoms with van der Waals surface area (Å²) in [6.45, 7) is 2.66. The van der Waals surface area contributed by atoms with Gasteiger partial charge in [0.05, 0.1) is 7.11 Å². The van der Waals surface area contributed by atoms with Crippen LogP contribution in [0.15, 0.2) is 0 Å². The largest absolute Gasteiger partial charge is 0.354 e. The van der Waals surface area contributed by atoms with Crippen LogP contribution in [0.3, 0.4) is 0 Å². The molecule has 0 saturated heterocycles. The predicted octanol–water partition coefficient (Wildman–Crippen LogP) is 0.954. The first-order valence-electron chi connectivity index (χ1n) is 4.10. The summed E-state index contributed by atoms with van der Waals surface area (Å²) in [5.74, 6) is 0.801. The van der Waals surface area contributed by atoms with Crippen molar-refractivity contribution < 1.29 is 4.84 Å². The minimum absolute atomic E-state index is 0.134. The lowest BCUT2D eigenvalue weighted by atomic mass is 10.7. The van der Waals surface area contributed by atoms with Crippen molar-refractivity contribution in [2.45, 2.75) is 6.92 Å². The van der Waals surface area contributed by atoms with Gasteiger partial charge in [0.25, 0.3) is 5.95 Å². The van der Waals surface area contributed by atoms with Gasteiger partial charge in [0.15, 0.2) is 0 Å². The summed E-state index contributed by atoms with van der Waals surface area (Å²) >= 11 is 5.70. The molecule has 1 heterocycles. The van der Waals surface area contributed by atoms with Gasteiger partial charge in [-0.2, -0.15) is 15.0 Å². The molecule has 6 nitrogen and oxygen atoms in total. The molecule has 1 N–H and O–H groups in total. The molecule has 0 unspecified atom stereocenters. The smallest absolute Gasteiger partial charge is 0.255 e. The highest BCUT2D eigenvalue weighted by molar-refractivity contribution is 6.28. The zero-order chi connectivity index (χ0) is 10.6. The first-order valence-corrected chi connectivity index (χ1v) is 4.48. The summed E-state index contributed by atoms with van der Waals surface area (Å²) in [6.07, 6.45) is 0. The van der Waals surface area contributed by atoms with E-state index in [2.05, 4.69) is 20.3 Å². The van der Waals surface area contributed by atoms with E-state index in [1.54, 1.807) is 7.05 Å². The van der Waals surface area contributed by atoms with E-state index in [4.69, 9.17) is 16.4 Å². The van der Waals surface area contributed by atoms with Crippen molar-refractivity contribution in [3.05, 3.63) is 5.28 Å². The van der Waals surface area contributed by atoms with Crippen LogP contribution in [0.5, 0.6) is 0 Å². The quantitative estimate of drug-likeness (QED) is 0.758. The molecule has 7 heteroatoms. The molecule has 1 aromatic heterocycles. The van der Waals surface area contributed by atoms with E-state index < -0.39 is 0 Å². The number of rotatable bonds is 4. The average Bonchev–Trinajstić information content (AvgIpc) is 2.16. The molecule has 0 aliphatic rings. The van der Waals surface area contributed by atoms with E-state index in [-0.39, 0.29) is 5.28 Å². The summed E-state index contributed by atoms with van der Waals surface area (Å²) < 4.78 is 0. The molecule has 0 aromatic carbocycles. The van der Waals surface area contributed by atoms with E-state index in [1.807, 2.05) is 6.92 Å². The Morgan fingerprint density at radius 2 is 2.14 bits per heavy atom. The molecule has 78 valence electrons. The highest BCUT2D eigenvalue weighted by Gasteiger charge is 2.07. The fourth-order valence-electron chi connectivity index (χ4n) is 0.799. The second kappa shape index (κ2) is 4.92. The maximum atomic E-state index is 5.70. The Balaban J connectivity index is 2.94. The fraction of sp³-hybridized carbons (Fsp3) is 0.571. The highest BCUT2D eigenvalue weighted by Crippen LogP contribution is 2.11. The molecular weight excluding hydrogens is 206 g/mol. The van der Waals surface area contributed by atoms with Crippen LogP contribution in [0, 0.1) is 0 Å². The van der Waals surface area contributed by atoms with E-state index in [0.29, 0.717) is 11.9 Å². The lowest BCUT2D eigenvalue weighted by Crippen LogP contribution is -2.19. The Hall–Kier alpha value is -1.14. The molecule has 0 aliphatic carbocycles. The van der Waals surface area contributed by atoms with Crippen LogP contribution in [0.25, 0.3) is 0 Å². The SMILES string of the molecule is CCNc1nc(Cl)nc(N(C)OC)n1. The molecule has 0 bridgehead atoms. The maximum Gasteiger partial charge on any atom is 0.255 e. The average molecular weight is 218 g/mol.